The quantitative estimate of drug-likeness (QED) is 0.393. The number of amides is 1. The molecule has 1 unspecified atom stereocenters. The molecule has 2 aromatic heterocycles. The lowest BCUT2D eigenvalue weighted by Crippen LogP contribution is -2.35. The Morgan fingerprint density at radius 1 is 1.09 bits per heavy atom. The predicted molar refractivity (Wildman–Crippen MR) is 137 cm³/mol. The molecule has 4 rings (SSSR count). The van der Waals surface area contributed by atoms with E-state index in [9.17, 15) is 4.79 Å². The topological polar surface area (TPSA) is 95.6 Å². The Labute approximate surface area is 205 Å². The molecule has 0 spiro atoms. The van der Waals surface area contributed by atoms with Crippen molar-refractivity contribution in [1.82, 2.24) is 20.1 Å². The average molecular weight is 465 g/mol. The third kappa shape index (κ3) is 5.81. The normalized spacial score (nSPS) is 12.5. The minimum absolute atomic E-state index is 0.154. The Balaban J connectivity index is 1.49. The summed E-state index contributed by atoms with van der Waals surface area (Å²) in [7, 11) is 1.87. The van der Waals surface area contributed by atoms with Crippen molar-refractivity contribution in [2.24, 2.45) is 7.05 Å². The first-order chi connectivity index (χ1) is 16.9. The van der Waals surface area contributed by atoms with Crippen LogP contribution in [0, 0.1) is 18.3 Å². The minimum atomic E-state index is -0.544. The Kier molecular flexibility index (Phi) is 7.34. The number of carbonyl (C=O) groups excluding carboxylic acids is 1. The first kappa shape index (κ1) is 23.9. The molecule has 7 nitrogen and oxygen atoms in total. The fraction of sp³-hybridized carbons (Fsp3) is 0.214. The van der Waals surface area contributed by atoms with Gasteiger partial charge in [-0.15, -0.1) is 0 Å². The lowest BCUT2D eigenvalue weighted by atomic mass is 9.98. The zero-order valence-electron chi connectivity index (χ0n) is 20.1. The zero-order chi connectivity index (χ0) is 24.8. The first-order valence-corrected chi connectivity index (χ1v) is 11.5. The number of carbonyl (C=O) groups is 1. The second kappa shape index (κ2) is 10.8. The predicted octanol–water partition coefficient (Wildman–Crippen LogP) is 4.74. The van der Waals surface area contributed by atoms with E-state index in [-0.39, 0.29) is 11.8 Å². The summed E-state index contributed by atoms with van der Waals surface area (Å²) in [5.41, 5.74) is 5.57. The summed E-state index contributed by atoms with van der Waals surface area (Å²) in [4.78, 5) is 17.8. The Morgan fingerprint density at radius 2 is 1.83 bits per heavy atom. The summed E-state index contributed by atoms with van der Waals surface area (Å²) in [5.74, 6) is 0.480. The molecule has 0 saturated carbocycles. The lowest BCUT2D eigenvalue weighted by molar-refractivity contribution is -0.118. The molecule has 2 N–H and O–H groups in total. The van der Waals surface area contributed by atoms with Gasteiger partial charge in [0, 0.05) is 37.1 Å². The number of nitrogens with zero attached hydrogens (tertiary/aromatic N) is 4. The van der Waals surface area contributed by atoms with Crippen molar-refractivity contribution in [2.45, 2.75) is 25.8 Å². The van der Waals surface area contributed by atoms with Gasteiger partial charge < -0.3 is 10.6 Å². The molecule has 35 heavy (non-hydrogen) atoms. The molecule has 176 valence electrons. The Hall–Kier alpha value is -4.28. The van der Waals surface area contributed by atoms with Crippen LogP contribution in [0.3, 0.4) is 0 Å². The molecule has 0 saturated heterocycles. The van der Waals surface area contributed by atoms with E-state index < -0.39 is 6.04 Å². The molecule has 2 atom stereocenters. The fourth-order valence-corrected chi connectivity index (χ4v) is 3.99. The van der Waals surface area contributed by atoms with Gasteiger partial charge in [-0.25, -0.2) is 4.98 Å². The maximum atomic E-state index is 13.4. The van der Waals surface area contributed by atoms with Crippen LogP contribution in [-0.2, 0) is 11.8 Å². The van der Waals surface area contributed by atoms with E-state index in [1.807, 2.05) is 80.8 Å². The van der Waals surface area contributed by atoms with Gasteiger partial charge in [-0.2, -0.15) is 10.4 Å². The Morgan fingerprint density at radius 3 is 2.46 bits per heavy atom. The largest absolute Gasteiger partial charge is 0.309 e. The van der Waals surface area contributed by atoms with E-state index in [4.69, 9.17) is 5.26 Å². The van der Waals surface area contributed by atoms with Crippen molar-refractivity contribution in [3.8, 4) is 17.2 Å². The van der Waals surface area contributed by atoms with Gasteiger partial charge in [0.05, 0.1) is 17.8 Å². The van der Waals surface area contributed by atoms with Crippen LogP contribution in [0.15, 0.2) is 79.3 Å². The van der Waals surface area contributed by atoms with E-state index in [2.05, 4.69) is 33.7 Å². The number of nitriles is 1. The van der Waals surface area contributed by atoms with Crippen molar-refractivity contribution in [1.29, 1.82) is 5.26 Å². The number of pyridine rings is 1. The first-order valence-electron chi connectivity index (χ1n) is 11.5. The highest BCUT2D eigenvalue weighted by molar-refractivity contribution is 5.95. The number of rotatable bonds is 8. The van der Waals surface area contributed by atoms with E-state index in [1.54, 1.807) is 17.1 Å². The van der Waals surface area contributed by atoms with Crippen LogP contribution in [0.4, 0.5) is 5.82 Å². The van der Waals surface area contributed by atoms with Crippen LogP contribution in [0.2, 0.25) is 0 Å². The molecule has 2 heterocycles. The van der Waals surface area contributed by atoms with Gasteiger partial charge in [-0.3, -0.25) is 9.48 Å². The second-order valence-electron chi connectivity index (χ2n) is 8.66. The van der Waals surface area contributed by atoms with Gasteiger partial charge in [-0.1, -0.05) is 49.4 Å². The molecule has 0 aliphatic heterocycles. The number of nitrogens with one attached hydrogen (secondary N) is 2. The van der Waals surface area contributed by atoms with Crippen LogP contribution in [0.25, 0.3) is 11.1 Å². The van der Waals surface area contributed by atoms with Gasteiger partial charge in [0.15, 0.2) is 0 Å². The van der Waals surface area contributed by atoms with E-state index >= 15 is 0 Å². The number of aryl methyl sites for hydroxylation is 2. The average Bonchev–Trinajstić information content (AvgIpc) is 3.30. The number of aromatic nitrogens is 3. The van der Waals surface area contributed by atoms with E-state index in [0.29, 0.717) is 17.9 Å². The molecule has 0 aliphatic rings. The lowest BCUT2D eigenvalue weighted by Gasteiger charge is -2.21. The van der Waals surface area contributed by atoms with Gasteiger partial charge in [0.25, 0.3) is 0 Å². The molecule has 0 radical (unpaired) electrons. The standard InChI is InChI=1S/C28H28N6O/c1-19-13-26(30-17-25(19)24-16-32-34(3)18-24)33-28(35)27(23-7-5-4-6-8-23)31-15-20(2)22-11-9-21(14-29)10-12-22/h4-13,16-18,20,27,31H,15H2,1-3H3,(H,30,33,35)/t20-,27?/m1/s1. The summed E-state index contributed by atoms with van der Waals surface area (Å²) in [5, 5.41) is 19.6. The summed E-state index contributed by atoms with van der Waals surface area (Å²) in [6, 6.07) is 20.7. The highest BCUT2D eigenvalue weighted by Gasteiger charge is 2.22. The highest BCUT2D eigenvalue weighted by Crippen LogP contribution is 2.25. The number of benzene rings is 2. The third-order valence-corrected chi connectivity index (χ3v) is 6.01. The van der Waals surface area contributed by atoms with Crippen LogP contribution < -0.4 is 10.6 Å². The van der Waals surface area contributed by atoms with Crippen molar-refractivity contribution in [3.05, 3.63) is 102 Å². The van der Waals surface area contributed by atoms with Crippen LogP contribution in [0.5, 0.6) is 0 Å². The van der Waals surface area contributed by atoms with Gasteiger partial charge in [0.1, 0.15) is 11.9 Å². The van der Waals surface area contributed by atoms with Crippen LogP contribution in [0.1, 0.15) is 41.1 Å². The monoisotopic (exact) mass is 464 g/mol. The van der Waals surface area contributed by atoms with E-state index in [1.165, 1.54) is 0 Å². The number of hydrogen-bond acceptors (Lipinski definition) is 5. The minimum Gasteiger partial charge on any atom is -0.309 e. The molecule has 7 heteroatoms. The number of anilines is 1. The van der Waals surface area contributed by atoms with Crippen molar-refractivity contribution in [3.63, 3.8) is 0 Å². The zero-order valence-corrected chi connectivity index (χ0v) is 20.1. The molecule has 4 aromatic rings. The van der Waals surface area contributed by atoms with Gasteiger partial charge in [-0.05, 0) is 47.7 Å². The highest BCUT2D eigenvalue weighted by atomic mass is 16.2. The van der Waals surface area contributed by atoms with Crippen molar-refractivity contribution >= 4 is 11.7 Å². The number of hydrogen-bond donors (Lipinski definition) is 2. The molecule has 0 bridgehead atoms. The molecule has 2 aromatic carbocycles. The molecular formula is C28H28N6O. The Bertz CT molecular complexity index is 1340. The molecular weight excluding hydrogens is 436 g/mol. The molecule has 0 aliphatic carbocycles. The maximum absolute atomic E-state index is 13.4. The SMILES string of the molecule is Cc1cc(NC(=O)C(NC[C@@H](C)c2ccc(C#N)cc2)c2ccccc2)ncc1-c1cnn(C)c1. The maximum Gasteiger partial charge on any atom is 0.247 e. The van der Waals surface area contributed by atoms with Crippen LogP contribution >= 0.6 is 0 Å². The third-order valence-electron chi connectivity index (χ3n) is 6.01. The van der Waals surface area contributed by atoms with E-state index in [0.717, 1.165) is 27.8 Å². The summed E-state index contributed by atoms with van der Waals surface area (Å²) in [6.45, 7) is 4.67. The second-order valence-corrected chi connectivity index (χ2v) is 8.66. The fourth-order valence-electron chi connectivity index (χ4n) is 3.99. The van der Waals surface area contributed by atoms with Crippen LogP contribution in [-0.4, -0.2) is 27.2 Å². The molecule has 1 amide bonds. The van der Waals surface area contributed by atoms with Gasteiger partial charge >= 0.3 is 0 Å². The smallest absolute Gasteiger partial charge is 0.247 e. The summed E-state index contributed by atoms with van der Waals surface area (Å²) in [6.07, 6.45) is 5.50. The summed E-state index contributed by atoms with van der Waals surface area (Å²) >= 11 is 0. The molecule has 0 fully saturated rings. The summed E-state index contributed by atoms with van der Waals surface area (Å²) < 4.78 is 1.75. The van der Waals surface area contributed by atoms with Crippen molar-refractivity contribution in [2.75, 3.05) is 11.9 Å². The van der Waals surface area contributed by atoms with Crippen molar-refractivity contribution < 1.29 is 4.79 Å². The van der Waals surface area contributed by atoms with Gasteiger partial charge in [0.2, 0.25) is 5.91 Å².